The maximum atomic E-state index is 12.6. The molecule has 6 nitrogen and oxygen atoms in total. The molecule has 1 unspecified atom stereocenters. The number of halogens is 1. The molecule has 26 heavy (non-hydrogen) atoms. The molecule has 0 saturated carbocycles. The lowest BCUT2D eigenvalue weighted by molar-refractivity contribution is 0.0601. The zero-order chi connectivity index (χ0) is 18.8. The lowest BCUT2D eigenvalue weighted by atomic mass is 9.88. The van der Waals surface area contributed by atoms with Crippen LogP contribution in [0.4, 0.5) is 10.7 Å². The van der Waals surface area contributed by atoms with E-state index in [-0.39, 0.29) is 16.3 Å². The van der Waals surface area contributed by atoms with Crippen LogP contribution >= 0.6 is 22.9 Å². The van der Waals surface area contributed by atoms with Gasteiger partial charge in [-0.25, -0.2) is 4.79 Å². The number of hydrogen-bond acceptors (Lipinski definition) is 6. The predicted octanol–water partition coefficient (Wildman–Crippen LogP) is 4.96. The smallest absolute Gasteiger partial charge is 0.341 e. The molecule has 1 aliphatic rings. The average molecular weight is 393 g/mol. The molecule has 1 N–H and O–H groups in total. The number of nitroso groups, excluding NO2 is 1. The Labute approximate surface area is 159 Å². The summed E-state index contributed by atoms with van der Waals surface area (Å²) in [7, 11) is 1.32. The van der Waals surface area contributed by atoms with Crippen LogP contribution in [0.3, 0.4) is 0 Å². The van der Waals surface area contributed by atoms with Crippen LogP contribution in [0.15, 0.2) is 23.4 Å². The number of ether oxygens (including phenoxy) is 1. The molecule has 0 fully saturated rings. The number of carbonyl (C=O) groups excluding carboxylic acids is 2. The molecule has 3 rings (SSSR count). The molecule has 0 radical (unpaired) electrons. The van der Waals surface area contributed by atoms with Crippen molar-refractivity contribution in [2.24, 2.45) is 11.1 Å². The van der Waals surface area contributed by atoms with Gasteiger partial charge < -0.3 is 10.1 Å². The Balaban J connectivity index is 1.95. The van der Waals surface area contributed by atoms with Gasteiger partial charge >= 0.3 is 5.97 Å². The summed E-state index contributed by atoms with van der Waals surface area (Å²) in [6.07, 6.45) is 2.65. The quantitative estimate of drug-likeness (QED) is 0.588. The fourth-order valence-electron chi connectivity index (χ4n) is 3.06. The Morgan fingerprint density at radius 2 is 2.15 bits per heavy atom. The number of rotatable bonds is 4. The number of carbonyl (C=O) groups is 2. The molecule has 0 bridgehead atoms. The topological polar surface area (TPSA) is 84.8 Å². The minimum atomic E-state index is -0.460. The molecule has 1 aliphatic carbocycles. The summed E-state index contributed by atoms with van der Waals surface area (Å²) < 4.78 is 4.91. The van der Waals surface area contributed by atoms with Gasteiger partial charge in [0.25, 0.3) is 5.91 Å². The van der Waals surface area contributed by atoms with Crippen molar-refractivity contribution in [3.8, 4) is 0 Å². The highest BCUT2D eigenvalue weighted by molar-refractivity contribution is 7.17. The van der Waals surface area contributed by atoms with Crippen LogP contribution in [0.25, 0.3) is 0 Å². The van der Waals surface area contributed by atoms with Crippen LogP contribution in [0.2, 0.25) is 5.02 Å². The molecule has 0 saturated heterocycles. The van der Waals surface area contributed by atoms with Crippen molar-refractivity contribution in [3.05, 3.63) is 49.7 Å². The maximum Gasteiger partial charge on any atom is 0.341 e. The van der Waals surface area contributed by atoms with E-state index in [0.717, 1.165) is 29.7 Å². The highest BCUT2D eigenvalue weighted by Crippen LogP contribution is 2.40. The minimum absolute atomic E-state index is 0.00759. The normalized spacial score (nSPS) is 15.9. The third-order valence-corrected chi connectivity index (χ3v) is 5.92. The number of esters is 1. The van der Waals surface area contributed by atoms with Crippen LogP contribution in [0.1, 0.15) is 44.5 Å². The van der Waals surface area contributed by atoms with Crippen molar-refractivity contribution < 1.29 is 14.3 Å². The van der Waals surface area contributed by atoms with Crippen molar-refractivity contribution in [2.75, 3.05) is 12.4 Å². The van der Waals surface area contributed by atoms with E-state index in [0.29, 0.717) is 16.5 Å². The molecule has 1 aromatic carbocycles. The molecule has 1 atom stereocenters. The molecule has 8 heteroatoms. The van der Waals surface area contributed by atoms with Gasteiger partial charge in [-0.3, -0.25) is 4.79 Å². The van der Waals surface area contributed by atoms with Crippen molar-refractivity contribution in [2.45, 2.75) is 26.2 Å². The van der Waals surface area contributed by atoms with Crippen molar-refractivity contribution in [3.63, 3.8) is 0 Å². The summed E-state index contributed by atoms with van der Waals surface area (Å²) in [6, 6.07) is 4.26. The summed E-state index contributed by atoms with van der Waals surface area (Å²) in [6.45, 7) is 2.17. The van der Waals surface area contributed by atoms with Crippen LogP contribution in [0.5, 0.6) is 0 Å². The van der Waals surface area contributed by atoms with Gasteiger partial charge in [0, 0.05) is 10.4 Å². The maximum absolute atomic E-state index is 12.6. The van der Waals surface area contributed by atoms with E-state index in [1.54, 1.807) is 0 Å². The first-order chi connectivity index (χ1) is 12.4. The number of fused-ring (bicyclic) bond motifs is 1. The lowest BCUT2D eigenvalue weighted by Crippen LogP contribution is -2.16. The molecular weight excluding hydrogens is 376 g/mol. The summed E-state index contributed by atoms with van der Waals surface area (Å²) in [5.41, 5.74) is 1.61. The van der Waals surface area contributed by atoms with E-state index in [1.807, 2.05) is 0 Å². The molecule has 0 aliphatic heterocycles. The zero-order valence-corrected chi connectivity index (χ0v) is 15.9. The van der Waals surface area contributed by atoms with E-state index >= 15 is 0 Å². The Kier molecular flexibility index (Phi) is 5.38. The number of nitrogens with zero attached hydrogens (tertiary/aromatic N) is 1. The standard InChI is InChI=1S/C18H17ClN2O4S/c1-9-3-5-11-14(7-9)26-17(15(11)18(23)25-2)20-16(22)10-4-6-12(19)13(8-10)21-24/h4,6,8-9H,3,5,7H2,1-2H3,(H,20,22). The first-order valence-corrected chi connectivity index (χ1v) is 9.31. The Hall–Kier alpha value is -2.25. The van der Waals surface area contributed by atoms with Crippen LogP contribution in [0, 0.1) is 10.8 Å². The molecule has 1 aromatic heterocycles. The Morgan fingerprint density at radius 1 is 1.38 bits per heavy atom. The average Bonchev–Trinajstić information content (AvgIpc) is 2.98. The van der Waals surface area contributed by atoms with Gasteiger partial charge in [0.05, 0.1) is 17.7 Å². The van der Waals surface area contributed by atoms with Crippen LogP contribution < -0.4 is 5.32 Å². The molecule has 2 aromatic rings. The van der Waals surface area contributed by atoms with E-state index in [4.69, 9.17) is 16.3 Å². The summed E-state index contributed by atoms with van der Waals surface area (Å²) >= 11 is 7.25. The van der Waals surface area contributed by atoms with Crippen LogP contribution in [-0.2, 0) is 17.6 Å². The first-order valence-electron chi connectivity index (χ1n) is 8.11. The fraction of sp³-hybridized carbons (Fsp3) is 0.333. The van der Waals surface area contributed by atoms with Gasteiger partial charge in [-0.2, -0.15) is 0 Å². The Morgan fingerprint density at radius 3 is 2.85 bits per heavy atom. The van der Waals surface area contributed by atoms with E-state index in [9.17, 15) is 14.5 Å². The minimum Gasteiger partial charge on any atom is -0.465 e. The lowest BCUT2D eigenvalue weighted by Gasteiger charge is -2.18. The largest absolute Gasteiger partial charge is 0.465 e. The van der Waals surface area contributed by atoms with Gasteiger partial charge in [0.2, 0.25) is 0 Å². The van der Waals surface area contributed by atoms with E-state index in [2.05, 4.69) is 17.4 Å². The van der Waals surface area contributed by atoms with Gasteiger partial charge in [0.1, 0.15) is 10.7 Å². The number of amides is 1. The second kappa shape index (κ2) is 7.55. The predicted molar refractivity (Wildman–Crippen MR) is 102 cm³/mol. The third-order valence-electron chi connectivity index (χ3n) is 4.43. The first kappa shape index (κ1) is 18.5. The monoisotopic (exact) mass is 392 g/mol. The van der Waals surface area contributed by atoms with Crippen molar-refractivity contribution in [1.82, 2.24) is 0 Å². The highest BCUT2D eigenvalue weighted by atomic mass is 35.5. The zero-order valence-electron chi connectivity index (χ0n) is 14.3. The van der Waals surface area contributed by atoms with Gasteiger partial charge in [-0.15, -0.1) is 16.2 Å². The summed E-state index contributed by atoms with van der Waals surface area (Å²) in [4.78, 5) is 36.7. The second-order valence-corrected chi connectivity index (χ2v) is 7.77. The molecule has 0 spiro atoms. The fourth-order valence-corrected chi connectivity index (χ4v) is 4.60. The molecular formula is C18H17ClN2O4S. The summed E-state index contributed by atoms with van der Waals surface area (Å²) in [5, 5.41) is 6.23. The third kappa shape index (κ3) is 3.50. The number of thiophene rings is 1. The SMILES string of the molecule is COC(=O)c1c(NC(=O)c2ccc(Cl)c(N=O)c2)sc2c1CCC(C)C2. The van der Waals surface area contributed by atoms with Crippen LogP contribution in [-0.4, -0.2) is 19.0 Å². The van der Waals surface area contributed by atoms with Crippen molar-refractivity contribution in [1.29, 1.82) is 0 Å². The molecule has 136 valence electrons. The number of methoxy groups -OCH3 is 1. The van der Waals surface area contributed by atoms with E-state index < -0.39 is 11.9 Å². The van der Waals surface area contributed by atoms with E-state index in [1.165, 1.54) is 36.6 Å². The number of nitrogens with one attached hydrogen (secondary N) is 1. The van der Waals surface area contributed by atoms with Gasteiger partial charge in [-0.05, 0) is 54.1 Å². The molecule has 1 heterocycles. The highest BCUT2D eigenvalue weighted by Gasteiger charge is 2.29. The number of benzene rings is 1. The van der Waals surface area contributed by atoms with Crippen molar-refractivity contribution >= 4 is 45.5 Å². The van der Waals surface area contributed by atoms with Gasteiger partial charge in [0.15, 0.2) is 0 Å². The Bertz CT molecular complexity index is 894. The second-order valence-electron chi connectivity index (χ2n) is 6.26. The van der Waals surface area contributed by atoms with Gasteiger partial charge in [-0.1, -0.05) is 18.5 Å². The molecule has 1 amide bonds. The number of anilines is 1. The summed E-state index contributed by atoms with van der Waals surface area (Å²) in [5.74, 6) is -0.366. The number of hydrogen-bond donors (Lipinski definition) is 1.